The molecule has 2 aliphatic rings. The van der Waals surface area contributed by atoms with E-state index < -0.39 is 12.5 Å². The van der Waals surface area contributed by atoms with Crippen LogP contribution in [0.4, 0.5) is 14.6 Å². The number of ether oxygens (including phenoxy) is 1. The van der Waals surface area contributed by atoms with Crippen LogP contribution in [0.3, 0.4) is 0 Å². The lowest BCUT2D eigenvalue weighted by atomic mass is 9.91. The Morgan fingerprint density at radius 1 is 1.29 bits per heavy atom. The maximum Gasteiger partial charge on any atom is 0.267 e. The number of hydrogen-bond donors (Lipinski definition) is 4. The third-order valence-corrected chi connectivity index (χ3v) is 4.46. The van der Waals surface area contributed by atoms with Crippen LogP contribution in [0.2, 0.25) is 0 Å². The summed E-state index contributed by atoms with van der Waals surface area (Å²) in [6.07, 6.45) is 6.21. The maximum atomic E-state index is 11.2. The molecule has 0 aromatic carbocycles. The van der Waals surface area contributed by atoms with E-state index in [9.17, 15) is 8.78 Å². The predicted molar refractivity (Wildman–Crippen MR) is 106 cm³/mol. The monoisotopic (exact) mass is 399 g/mol. The number of nitrogens with one attached hydrogen (secondary N) is 3. The van der Waals surface area contributed by atoms with E-state index in [4.69, 9.17) is 14.8 Å². The zero-order chi connectivity index (χ0) is 20.6. The molecule has 28 heavy (non-hydrogen) atoms. The number of aromatic amines is 1. The molecule has 2 aromatic heterocycles. The highest BCUT2D eigenvalue weighted by Crippen LogP contribution is 2.30. The summed E-state index contributed by atoms with van der Waals surface area (Å²) < 4.78 is 27.6. The Labute approximate surface area is 164 Å². The molecule has 4 N–H and O–H groups in total. The molecule has 7 nitrogen and oxygen atoms in total. The van der Waals surface area contributed by atoms with Crippen molar-refractivity contribution in [2.45, 2.75) is 51.5 Å². The lowest BCUT2D eigenvalue weighted by Gasteiger charge is -2.27. The topological polar surface area (TPSA) is 95.1 Å². The van der Waals surface area contributed by atoms with Crippen molar-refractivity contribution in [3.8, 4) is 0 Å². The fraction of sp³-hybridized carbons (Fsp3) is 0.684. The molecule has 0 radical (unpaired) electrons. The van der Waals surface area contributed by atoms with Gasteiger partial charge in [-0.3, -0.25) is 0 Å². The van der Waals surface area contributed by atoms with Crippen molar-refractivity contribution in [1.82, 2.24) is 20.3 Å². The molecule has 0 unspecified atom stereocenters. The first-order valence-electron chi connectivity index (χ1n) is 9.84. The lowest BCUT2D eigenvalue weighted by Crippen LogP contribution is -2.40. The highest BCUT2D eigenvalue weighted by molar-refractivity contribution is 5.77. The number of hydrogen-bond acceptors (Lipinski definition) is 6. The Bertz CT molecular complexity index is 710. The van der Waals surface area contributed by atoms with Crippen molar-refractivity contribution in [1.29, 1.82) is 0 Å². The quantitative estimate of drug-likeness (QED) is 0.632. The Morgan fingerprint density at radius 3 is 2.46 bits per heavy atom. The first-order chi connectivity index (χ1) is 13.5. The number of rotatable bonds is 4. The number of nitrogens with zero attached hydrogens (tertiary/aromatic N) is 2. The Balaban J connectivity index is 0.000000304. The molecule has 2 aliphatic heterocycles. The molecule has 2 fully saturated rings. The van der Waals surface area contributed by atoms with E-state index in [2.05, 4.69) is 26.8 Å². The van der Waals surface area contributed by atoms with E-state index in [1.54, 1.807) is 6.20 Å². The van der Waals surface area contributed by atoms with Gasteiger partial charge >= 0.3 is 0 Å². The number of piperidine rings is 1. The third-order valence-electron chi connectivity index (χ3n) is 4.46. The van der Waals surface area contributed by atoms with E-state index in [1.165, 1.54) is 18.4 Å². The van der Waals surface area contributed by atoms with Gasteiger partial charge in [0.1, 0.15) is 17.9 Å². The van der Waals surface area contributed by atoms with Gasteiger partial charge in [0.05, 0.1) is 25.5 Å². The van der Waals surface area contributed by atoms with Crippen molar-refractivity contribution in [2.24, 2.45) is 0 Å². The molecular formula is C19H31F2N5O2. The average Bonchev–Trinajstić information content (AvgIpc) is 3.10. The molecule has 2 saturated heterocycles. The van der Waals surface area contributed by atoms with E-state index in [0.29, 0.717) is 18.9 Å². The summed E-state index contributed by atoms with van der Waals surface area (Å²) in [5, 5.41) is 14.4. The number of aliphatic hydroxyl groups excluding tert-OH is 1. The van der Waals surface area contributed by atoms with Crippen LogP contribution in [0.25, 0.3) is 11.2 Å². The number of anilines is 1. The highest BCUT2D eigenvalue weighted by Gasteiger charge is 2.22. The molecule has 0 atom stereocenters. The van der Waals surface area contributed by atoms with Gasteiger partial charge in [-0.15, -0.1) is 0 Å². The first kappa shape index (κ1) is 22.4. The van der Waals surface area contributed by atoms with Crippen molar-refractivity contribution in [3.05, 3.63) is 18.0 Å². The van der Waals surface area contributed by atoms with E-state index in [0.717, 1.165) is 43.3 Å². The van der Waals surface area contributed by atoms with Gasteiger partial charge in [0, 0.05) is 18.7 Å². The predicted octanol–water partition coefficient (Wildman–Crippen LogP) is 2.90. The molecular weight excluding hydrogens is 368 g/mol. The molecule has 158 valence electrons. The summed E-state index contributed by atoms with van der Waals surface area (Å²) in [4.78, 5) is 12.5. The summed E-state index contributed by atoms with van der Waals surface area (Å²) in [7, 11) is 0. The fourth-order valence-corrected chi connectivity index (χ4v) is 2.95. The summed E-state index contributed by atoms with van der Waals surface area (Å²) in [5.41, 5.74) is 3.21. The Morgan fingerprint density at radius 2 is 1.93 bits per heavy atom. The molecule has 0 aliphatic carbocycles. The second-order valence-corrected chi connectivity index (χ2v) is 6.83. The molecule has 0 spiro atoms. The van der Waals surface area contributed by atoms with Crippen LogP contribution in [0.15, 0.2) is 12.4 Å². The number of aliphatic hydroxyl groups is 1. The third kappa shape index (κ3) is 6.35. The van der Waals surface area contributed by atoms with Gasteiger partial charge in [-0.25, -0.2) is 18.7 Å². The Hall–Kier alpha value is -1.84. The molecule has 4 heterocycles. The van der Waals surface area contributed by atoms with Crippen LogP contribution >= 0.6 is 0 Å². The van der Waals surface area contributed by atoms with Crippen LogP contribution in [-0.4, -0.2) is 64.9 Å². The standard InChI is InChI=1S/C14H19N5O.C3H6F2O.C2H6/c1-3-15-4-2-9(1)11-5-16-14-13(11)19-12(6-17-14)18-10-7-20-8-10;1-3(4,5)2-6;1-2/h5-6,9-10,15H,1-4,7-8H2,(H,16,17)(H,18,19);6H,2H2,1H3;1-2H3. The van der Waals surface area contributed by atoms with E-state index in [-0.39, 0.29) is 0 Å². The van der Waals surface area contributed by atoms with Crippen LogP contribution < -0.4 is 10.6 Å². The van der Waals surface area contributed by atoms with Gasteiger partial charge in [0.2, 0.25) is 0 Å². The van der Waals surface area contributed by atoms with Gasteiger partial charge in [0.25, 0.3) is 5.92 Å². The van der Waals surface area contributed by atoms with Crippen molar-refractivity contribution < 1.29 is 18.6 Å². The van der Waals surface area contributed by atoms with Gasteiger partial charge in [-0.2, -0.15) is 0 Å². The second-order valence-electron chi connectivity index (χ2n) is 6.83. The number of alkyl halides is 2. The van der Waals surface area contributed by atoms with E-state index >= 15 is 0 Å². The number of H-pyrrole nitrogens is 1. The lowest BCUT2D eigenvalue weighted by molar-refractivity contribution is -0.0322. The van der Waals surface area contributed by atoms with Crippen LogP contribution in [0, 0.1) is 0 Å². The minimum Gasteiger partial charge on any atom is -0.390 e. The summed E-state index contributed by atoms with van der Waals surface area (Å²) in [6, 6.07) is 0.378. The molecule has 0 saturated carbocycles. The Kier molecular flexibility index (Phi) is 8.53. The normalized spacial score (nSPS) is 17.8. The zero-order valence-corrected chi connectivity index (χ0v) is 16.8. The second kappa shape index (κ2) is 10.6. The van der Waals surface area contributed by atoms with Gasteiger partial charge in [0.15, 0.2) is 5.65 Å². The van der Waals surface area contributed by atoms with Crippen LogP contribution in [0.5, 0.6) is 0 Å². The maximum absolute atomic E-state index is 11.2. The minimum absolute atomic E-state index is 0.378. The molecule has 9 heteroatoms. The van der Waals surface area contributed by atoms with Gasteiger partial charge in [-0.1, -0.05) is 13.8 Å². The van der Waals surface area contributed by atoms with Crippen LogP contribution in [-0.2, 0) is 4.74 Å². The van der Waals surface area contributed by atoms with Gasteiger partial charge in [-0.05, 0) is 31.8 Å². The molecule has 0 bridgehead atoms. The van der Waals surface area contributed by atoms with Gasteiger partial charge < -0.3 is 25.5 Å². The van der Waals surface area contributed by atoms with E-state index in [1.807, 2.05) is 13.8 Å². The smallest absolute Gasteiger partial charge is 0.267 e. The SMILES string of the molecule is CC.CC(F)(F)CO.c1nc2[nH]cc(C3CCNCC3)c2nc1NC1COC1. The summed E-state index contributed by atoms with van der Waals surface area (Å²) in [5.74, 6) is -1.47. The first-order valence-corrected chi connectivity index (χ1v) is 9.84. The van der Waals surface area contributed by atoms with Crippen molar-refractivity contribution in [3.63, 3.8) is 0 Å². The molecule has 2 aromatic rings. The molecule has 4 rings (SSSR count). The molecule has 0 amide bonds. The number of aromatic nitrogens is 3. The highest BCUT2D eigenvalue weighted by atomic mass is 19.3. The minimum atomic E-state index is -2.90. The van der Waals surface area contributed by atoms with Crippen molar-refractivity contribution >= 4 is 17.0 Å². The number of fused-ring (bicyclic) bond motifs is 1. The largest absolute Gasteiger partial charge is 0.390 e. The summed E-state index contributed by atoms with van der Waals surface area (Å²) in [6.45, 7) is 7.28. The van der Waals surface area contributed by atoms with Crippen molar-refractivity contribution in [2.75, 3.05) is 38.2 Å². The fourth-order valence-electron chi connectivity index (χ4n) is 2.95. The number of halogens is 2. The average molecular weight is 399 g/mol. The summed E-state index contributed by atoms with van der Waals surface area (Å²) >= 11 is 0. The van der Waals surface area contributed by atoms with Crippen LogP contribution in [0.1, 0.15) is 45.1 Å². The zero-order valence-electron chi connectivity index (χ0n) is 16.8.